The molecule has 0 bridgehead atoms. The van der Waals surface area contributed by atoms with Crippen LogP contribution in [0.1, 0.15) is 27.2 Å². The molecule has 0 spiro atoms. The second kappa shape index (κ2) is 6.25. The van der Waals surface area contributed by atoms with Gasteiger partial charge in [-0.15, -0.1) is 0 Å². The molecule has 0 aromatic carbocycles. The Kier molecular flexibility index (Phi) is 5.28. The smallest absolute Gasteiger partial charge is 0.225 e. The molecule has 1 aromatic rings. The van der Waals surface area contributed by atoms with Gasteiger partial charge in [-0.25, -0.2) is 9.97 Å². The van der Waals surface area contributed by atoms with Crippen LogP contribution in [0.15, 0.2) is 12.4 Å². The monoisotopic (exact) mass is 319 g/mol. The molecule has 1 unspecified atom stereocenters. The maximum atomic E-state index is 4.34. The molecule has 0 N–H and O–H groups in total. The number of aromatic nitrogens is 2. The quantitative estimate of drug-likeness (QED) is 0.782. The molecule has 84 valence electrons. The minimum atomic E-state index is 0.688. The summed E-state index contributed by atoms with van der Waals surface area (Å²) >= 11 is 2.22. The van der Waals surface area contributed by atoms with E-state index in [1.165, 1.54) is 6.42 Å². The van der Waals surface area contributed by atoms with Crippen molar-refractivity contribution in [1.82, 2.24) is 9.97 Å². The standard InChI is InChI=1S/C11H18IN3/c1-4-9(3)8-15(5-2)11-13-6-10(12)7-14-11/h6-7,9H,4-5,8H2,1-3H3. The van der Waals surface area contributed by atoms with Gasteiger partial charge in [0.1, 0.15) is 0 Å². The molecule has 0 fully saturated rings. The van der Waals surface area contributed by atoms with E-state index in [0.29, 0.717) is 5.92 Å². The number of halogens is 1. The van der Waals surface area contributed by atoms with Crippen molar-refractivity contribution in [3.8, 4) is 0 Å². The first kappa shape index (κ1) is 12.7. The van der Waals surface area contributed by atoms with Crippen LogP contribution in [0.25, 0.3) is 0 Å². The van der Waals surface area contributed by atoms with Crippen molar-refractivity contribution in [2.75, 3.05) is 18.0 Å². The molecular formula is C11H18IN3. The predicted molar refractivity (Wildman–Crippen MR) is 72.1 cm³/mol. The highest BCUT2D eigenvalue weighted by atomic mass is 127. The summed E-state index contributed by atoms with van der Waals surface area (Å²) < 4.78 is 1.08. The number of hydrogen-bond acceptors (Lipinski definition) is 3. The lowest BCUT2D eigenvalue weighted by molar-refractivity contribution is 0.542. The average Bonchev–Trinajstić information content (AvgIpc) is 2.27. The van der Waals surface area contributed by atoms with Gasteiger partial charge in [-0.2, -0.15) is 0 Å². The third-order valence-corrected chi connectivity index (χ3v) is 3.06. The van der Waals surface area contributed by atoms with Crippen LogP contribution in [0, 0.1) is 9.49 Å². The minimum absolute atomic E-state index is 0.688. The molecule has 0 aliphatic rings. The van der Waals surface area contributed by atoms with Crippen molar-refractivity contribution in [2.24, 2.45) is 5.92 Å². The number of nitrogens with zero attached hydrogens (tertiary/aromatic N) is 3. The normalized spacial score (nSPS) is 12.5. The molecule has 0 saturated carbocycles. The first-order chi connectivity index (χ1) is 7.17. The maximum absolute atomic E-state index is 4.34. The lowest BCUT2D eigenvalue weighted by Gasteiger charge is -2.23. The zero-order chi connectivity index (χ0) is 11.3. The molecule has 0 amide bonds. The number of anilines is 1. The fraction of sp³-hybridized carbons (Fsp3) is 0.636. The topological polar surface area (TPSA) is 29.0 Å². The van der Waals surface area contributed by atoms with Crippen LogP contribution in [-0.2, 0) is 0 Å². The molecule has 4 heteroatoms. The summed E-state index contributed by atoms with van der Waals surface area (Å²) in [7, 11) is 0. The zero-order valence-corrected chi connectivity index (χ0v) is 11.7. The SMILES string of the molecule is CCC(C)CN(CC)c1ncc(I)cn1. The van der Waals surface area contributed by atoms with E-state index >= 15 is 0 Å². The molecule has 0 aliphatic heterocycles. The second-order valence-corrected chi connectivity index (χ2v) is 5.00. The molecule has 3 nitrogen and oxygen atoms in total. The Hall–Kier alpha value is -0.390. The summed E-state index contributed by atoms with van der Waals surface area (Å²) in [4.78, 5) is 10.9. The molecule has 0 radical (unpaired) electrons. The van der Waals surface area contributed by atoms with Gasteiger partial charge in [-0.3, -0.25) is 0 Å². The van der Waals surface area contributed by atoms with Gasteiger partial charge in [0.2, 0.25) is 5.95 Å². The van der Waals surface area contributed by atoms with Crippen LogP contribution in [0.5, 0.6) is 0 Å². The number of hydrogen-bond donors (Lipinski definition) is 0. The highest BCUT2D eigenvalue weighted by molar-refractivity contribution is 14.1. The predicted octanol–water partition coefficient (Wildman–Crippen LogP) is 2.95. The molecule has 15 heavy (non-hydrogen) atoms. The fourth-order valence-electron chi connectivity index (χ4n) is 1.33. The third kappa shape index (κ3) is 3.93. The molecule has 1 atom stereocenters. The van der Waals surface area contributed by atoms with E-state index in [1.807, 2.05) is 12.4 Å². The van der Waals surface area contributed by atoms with Crippen LogP contribution in [0.4, 0.5) is 5.95 Å². The van der Waals surface area contributed by atoms with E-state index in [1.54, 1.807) is 0 Å². The Morgan fingerprint density at radius 3 is 2.40 bits per heavy atom. The van der Waals surface area contributed by atoms with E-state index in [4.69, 9.17) is 0 Å². The minimum Gasteiger partial charge on any atom is -0.341 e. The Bertz CT molecular complexity index is 286. The number of rotatable bonds is 5. The van der Waals surface area contributed by atoms with Crippen LogP contribution in [0.3, 0.4) is 0 Å². The third-order valence-electron chi connectivity index (χ3n) is 2.50. The van der Waals surface area contributed by atoms with Crippen molar-refractivity contribution in [3.05, 3.63) is 16.0 Å². The molecule has 0 saturated heterocycles. The van der Waals surface area contributed by atoms with E-state index in [-0.39, 0.29) is 0 Å². The van der Waals surface area contributed by atoms with E-state index in [9.17, 15) is 0 Å². The Morgan fingerprint density at radius 2 is 1.93 bits per heavy atom. The fourth-order valence-corrected chi connectivity index (χ4v) is 1.60. The van der Waals surface area contributed by atoms with Gasteiger partial charge in [-0.1, -0.05) is 20.3 Å². The first-order valence-electron chi connectivity index (χ1n) is 5.39. The van der Waals surface area contributed by atoms with Crippen molar-refractivity contribution in [2.45, 2.75) is 27.2 Å². The Labute approximate surface area is 105 Å². The van der Waals surface area contributed by atoms with Gasteiger partial charge >= 0.3 is 0 Å². The summed E-state index contributed by atoms with van der Waals surface area (Å²) in [5.41, 5.74) is 0. The Morgan fingerprint density at radius 1 is 1.33 bits per heavy atom. The first-order valence-corrected chi connectivity index (χ1v) is 6.47. The maximum Gasteiger partial charge on any atom is 0.225 e. The van der Waals surface area contributed by atoms with Gasteiger partial charge < -0.3 is 4.90 Å². The molecule has 0 aliphatic carbocycles. The molecule has 1 aromatic heterocycles. The van der Waals surface area contributed by atoms with E-state index in [2.05, 4.69) is 58.2 Å². The molecular weight excluding hydrogens is 301 g/mol. The van der Waals surface area contributed by atoms with Crippen molar-refractivity contribution >= 4 is 28.5 Å². The van der Waals surface area contributed by atoms with Gasteiger partial charge in [0, 0.05) is 29.1 Å². The summed E-state index contributed by atoms with van der Waals surface area (Å²) in [5, 5.41) is 0. The van der Waals surface area contributed by atoms with Crippen molar-refractivity contribution in [1.29, 1.82) is 0 Å². The van der Waals surface area contributed by atoms with Crippen LogP contribution < -0.4 is 4.90 Å². The summed E-state index contributed by atoms with van der Waals surface area (Å²) in [6.07, 6.45) is 4.92. The Balaban J connectivity index is 2.69. The van der Waals surface area contributed by atoms with Crippen molar-refractivity contribution < 1.29 is 0 Å². The summed E-state index contributed by atoms with van der Waals surface area (Å²) in [6, 6.07) is 0. The lowest BCUT2D eigenvalue weighted by Crippen LogP contribution is -2.29. The molecule has 1 heterocycles. The van der Waals surface area contributed by atoms with Gasteiger partial charge in [-0.05, 0) is 35.4 Å². The van der Waals surface area contributed by atoms with Crippen LogP contribution in [0.2, 0.25) is 0 Å². The largest absolute Gasteiger partial charge is 0.341 e. The summed E-state index contributed by atoms with van der Waals surface area (Å²) in [5.74, 6) is 1.53. The van der Waals surface area contributed by atoms with Crippen LogP contribution in [-0.4, -0.2) is 23.1 Å². The second-order valence-electron chi connectivity index (χ2n) is 3.75. The molecule has 1 rings (SSSR count). The van der Waals surface area contributed by atoms with Gasteiger partial charge in [0.15, 0.2) is 0 Å². The zero-order valence-electron chi connectivity index (χ0n) is 9.57. The van der Waals surface area contributed by atoms with Crippen LogP contribution >= 0.6 is 22.6 Å². The van der Waals surface area contributed by atoms with Crippen molar-refractivity contribution in [3.63, 3.8) is 0 Å². The highest BCUT2D eigenvalue weighted by Crippen LogP contribution is 2.12. The lowest BCUT2D eigenvalue weighted by atomic mass is 10.1. The van der Waals surface area contributed by atoms with E-state index in [0.717, 1.165) is 22.6 Å². The highest BCUT2D eigenvalue weighted by Gasteiger charge is 2.10. The van der Waals surface area contributed by atoms with Gasteiger partial charge in [0.05, 0.1) is 0 Å². The van der Waals surface area contributed by atoms with E-state index < -0.39 is 0 Å². The van der Waals surface area contributed by atoms with Gasteiger partial charge in [0.25, 0.3) is 0 Å². The summed E-state index contributed by atoms with van der Waals surface area (Å²) in [6.45, 7) is 8.62. The average molecular weight is 319 g/mol.